The molecule has 0 aliphatic carbocycles. The minimum absolute atomic E-state index is 0. The van der Waals surface area contributed by atoms with Gasteiger partial charge in [-0.2, -0.15) is 4.31 Å². The first-order valence-electron chi connectivity index (χ1n) is 3.03. The van der Waals surface area contributed by atoms with Crippen LogP contribution in [-0.2, 0) is 26.9 Å². The number of phosphoric acid groups is 4. The van der Waals surface area contributed by atoms with Crippen molar-refractivity contribution in [3.05, 3.63) is 0 Å². The van der Waals surface area contributed by atoms with Gasteiger partial charge in [0.15, 0.2) is 0 Å². The molecule has 112 valence electrons. The van der Waals surface area contributed by atoms with E-state index in [-0.39, 0.29) is 37.7 Å². The van der Waals surface area contributed by atoms with E-state index >= 15 is 0 Å². The van der Waals surface area contributed by atoms with Gasteiger partial charge in [-0.25, -0.2) is 13.7 Å². The normalized spacial score (nSPS) is 15.6. The Morgan fingerprint density at radius 1 is 0.737 bits per heavy atom. The van der Waals surface area contributed by atoms with Crippen LogP contribution >= 0.6 is 31.3 Å². The SMILES string of the molecule is O=P(O)(O)O.O=P([O-])([O-])OP(=O)(O)OP(=O)(O)O.[Ca+2]. The Hall–Kier alpha value is 1.78. The molecule has 0 rings (SSSR count). The molecular weight excluding hydrogens is 388 g/mol. The molecule has 19 heteroatoms. The van der Waals surface area contributed by atoms with Crippen LogP contribution in [-0.4, -0.2) is 67.1 Å². The van der Waals surface area contributed by atoms with Gasteiger partial charge in [0.25, 0.3) is 0 Å². The molecule has 1 atom stereocenters. The third-order valence-electron chi connectivity index (χ3n) is 0.413. The molecular formula is H6CaO14P4. The van der Waals surface area contributed by atoms with Crippen LogP contribution in [0.2, 0.25) is 0 Å². The topological polar surface area (TPSA) is 254 Å². The molecule has 0 aromatic heterocycles. The Labute approximate surface area is 134 Å². The second-order valence-electron chi connectivity index (χ2n) is 2.08. The summed E-state index contributed by atoms with van der Waals surface area (Å²) in [7, 11) is -21.5. The van der Waals surface area contributed by atoms with Crippen molar-refractivity contribution in [2.24, 2.45) is 0 Å². The quantitative estimate of drug-likeness (QED) is 0.202. The first-order valence-corrected chi connectivity index (χ1v) is 9.08. The Bertz CT molecular complexity index is 394. The molecule has 6 N–H and O–H groups in total. The fraction of sp³-hybridized carbons (Fsp3) is 0. The molecule has 0 heterocycles. The van der Waals surface area contributed by atoms with E-state index in [1.807, 2.05) is 0 Å². The van der Waals surface area contributed by atoms with Crippen molar-refractivity contribution in [3.63, 3.8) is 0 Å². The van der Waals surface area contributed by atoms with Gasteiger partial charge in [0.1, 0.15) is 0 Å². The number of rotatable bonds is 4. The Balaban J connectivity index is -0.000000366. The Morgan fingerprint density at radius 3 is 1.16 bits per heavy atom. The van der Waals surface area contributed by atoms with Gasteiger partial charge in [-0.15, -0.1) is 0 Å². The van der Waals surface area contributed by atoms with Gasteiger partial charge in [-0.05, 0) is 0 Å². The molecule has 0 saturated carbocycles. The standard InChI is InChI=1S/Ca.H5O10P3.H3O4P/c;1-11(2,3)9-13(7,8)10-12(4,5)6;1-5(2,3)4/h;(H,7,8)(H2,1,2,3)(H2,4,5,6);(H3,1,2,3,4)/q+2;;/p-2. The van der Waals surface area contributed by atoms with E-state index in [1.165, 1.54) is 0 Å². The van der Waals surface area contributed by atoms with Crippen LogP contribution in [0.3, 0.4) is 0 Å². The van der Waals surface area contributed by atoms with Crippen molar-refractivity contribution >= 4 is 69.0 Å². The zero-order valence-electron chi connectivity index (χ0n) is 8.45. The molecule has 0 saturated heterocycles. The van der Waals surface area contributed by atoms with Gasteiger partial charge < -0.3 is 43.7 Å². The van der Waals surface area contributed by atoms with E-state index < -0.39 is 31.3 Å². The summed E-state index contributed by atoms with van der Waals surface area (Å²) in [6.45, 7) is 0. The van der Waals surface area contributed by atoms with Gasteiger partial charge in [0, 0.05) is 0 Å². The molecule has 0 aliphatic rings. The average Bonchev–Trinajstić information content (AvgIpc) is 1.64. The van der Waals surface area contributed by atoms with E-state index in [9.17, 15) is 23.5 Å². The summed E-state index contributed by atoms with van der Waals surface area (Å²) in [5, 5.41) is 0. The summed E-state index contributed by atoms with van der Waals surface area (Å²) in [6.07, 6.45) is 0. The van der Waals surface area contributed by atoms with Crippen molar-refractivity contribution in [2.45, 2.75) is 0 Å². The van der Waals surface area contributed by atoms with Crippen LogP contribution in [0.5, 0.6) is 0 Å². The molecule has 14 nitrogen and oxygen atoms in total. The predicted molar refractivity (Wildman–Crippen MR) is 51.7 cm³/mol. The monoisotopic (exact) mass is 394 g/mol. The van der Waals surface area contributed by atoms with Crippen molar-refractivity contribution in [2.75, 3.05) is 0 Å². The molecule has 0 fully saturated rings. The maximum atomic E-state index is 10.3. The van der Waals surface area contributed by atoms with Crippen LogP contribution in [0.1, 0.15) is 0 Å². The molecule has 0 spiro atoms. The molecule has 1 unspecified atom stereocenters. The van der Waals surface area contributed by atoms with Crippen molar-refractivity contribution in [1.29, 1.82) is 0 Å². The van der Waals surface area contributed by atoms with Gasteiger partial charge in [-0.3, -0.25) is 4.31 Å². The number of hydrogen-bond donors (Lipinski definition) is 6. The first kappa shape index (κ1) is 25.7. The zero-order chi connectivity index (χ0) is 15.4. The van der Waals surface area contributed by atoms with Crippen LogP contribution in [0.4, 0.5) is 0 Å². The molecule has 0 aromatic carbocycles. The maximum absolute atomic E-state index is 10.3. The van der Waals surface area contributed by atoms with E-state index in [4.69, 9.17) is 33.9 Å². The van der Waals surface area contributed by atoms with Gasteiger partial charge >= 0.3 is 61.2 Å². The summed E-state index contributed by atoms with van der Waals surface area (Å²) < 4.78 is 44.6. The Morgan fingerprint density at radius 2 is 1.00 bits per heavy atom. The molecule has 0 aromatic rings. The zero-order valence-corrected chi connectivity index (χ0v) is 14.2. The third kappa shape index (κ3) is 32.9. The summed E-state index contributed by atoms with van der Waals surface area (Å²) >= 11 is 0. The minimum Gasteiger partial charge on any atom is -0.789 e. The Kier molecular flexibility index (Phi) is 12.2. The summed E-state index contributed by atoms with van der Waals surface area (Å²) in [5.41, 5.74) is 0. The van der Waals surface area contributed by atoms with E-state index in [0.717, 1.165) is 0 Å². The van der Waals surface area contributed by atoms with E-state index in [2.05, 4.69) is 8.62 Å². The van der Waals surface area contributed by atoms with E-state index in [1.54, 1.807) is 0 Å². The largest absolute Gasteiger partial charge is 2.00 e. The summed E-state index contributed by atoms with van der Waals surface area (Å²) in [5.74, 6) is 0. The van der Waals surface area contributed by atoms with Crippen LogP contribution in [0.15, 0.2) is 0 Å². The van der Waals surface area contributed by atoms with Crippen LogP contribution in [0, 0.1) is 0 Å². The van der Waals surface area contributed by atoms with Crippen molar-refractivity contribution in [1.82, 2.24) is 0 Å². The molecule has 0 aliphatic heterocycles. The molecule has 0 bridgehead atoms. The molecule has 0 amide bonds. The first-order chi connectivity index (χ1) is 7.41. The number of hydrogen-bond acceptors (Lipinski definition) is 8. The van der Waals surface area contributed by atoms with Crippen molar-refractivity contribution < 1.29 is 66.0 Å². The molecule has 19 heavy (non-hydrogen) atoms. The summed E-state index contributed by atoms with van der Waals surface area (Å²) in [4.78, 5) is 65.1. The maximum Gasteiger partial charge on any atom is 2.00 e. The van der Waals surface area contributed by atoms with Gasteiger partial charge in [-0.1, -0.05) is 0 Å². The smallest absolute Gasteiger partial charge is 0.789 e. The average molecular weight is 394 g/mol. The summed E-state index contributed by atoms with van der Waals surface area (Å²) in [6, 6.07) is 0. The van der Waals surface area contributed by atoms with E-state index in [0.29, 0.717) is 0 Å². The minimum atomic E-state index is -5.85. The van der Waals surface area contributed by atoms with Crippen LogP contribution < -0.4 is 9.79 Å². The second kappa shape index (κ2) is 9.04. The second-order valence-corrected chi connectivity index (χ2v) is 7.23. The third-order valence-corrected chi connectivity index (χ3v) is 3.71. The van der Waals surface area contributed by atoms with Crippen molar-refractivity contribution in [3.8, 4) is 0 Å². The fourth-order valence-corrected chi connectivity index (χ4v) is 2.75. The predicted octanol–water partition coefficient (Wildman–Crippen LogP) is -3.27. The van der Waals surface area contributed by atoms with Gasteiger partial charge in [0.2, 0.25) is 0 Å². The molecule has 0 radical (unpaired) electrons. The fourth-order valence-electron chi connectivity index (χ4n) is 0.276. The van der Waals surface area contributed by atoms with Gasteiger partial charge in [0.05, 0.1) is 7.82 Å². The van der Waals surface area contributed by atoms with Crippen LogP contribution in [0.25, 0.3) is 0 Å².